The maximum absolute atomic E-state index is 12.9. The molecule has 0 N–H and O–H groups in total. The van der Waals surface area contributed by atoms with E-state index in [0.29, 0.717) is 23.9 Å². The number of hydrogen-bond donors (Lipinski definition) is 0. The van der Waals surface area contributed by atoms with Crippen LogP contribution in [-0.4, -0.2) is 36.3 Å². The quantitative estimate of drug-likeness (QED) is 0.783. The molecule has 1 fully saturated rings. The second kappa shape index (κ2) is 6.49. The molecule has 0 aromatic heterocycles. The summed E-state index contributed by atoms with van der Waals surface area (Å²) in [6.45, 7) is 7.33. The summed E-state index contributed by atoms with van der Waals surface area (Å²) < 4.78 is 27.6. The largest absolute Gasteiger partial charge is 0.243 e. The van der Waals surface area contributed by atoms with E-state index in [4.69, 9.17) is 11.6 Å². The number of thioether (sulfide) groups is 1. The summed E-state index contributed by atoms with van der Waals surface area (Å²) in [6.07, 6.45) is 0.866. The molecule has 118 valence electrons. The van der Waals surface area contributed by atoms with E-state index in [1.807, 2.05) is 24.8 Å². The molecule has 0 bridgehead atoms. The standard InChI is InChI=1S/C15H22ClNO2S2/c1-12-13(11-16)5-4-6-14(12)21(18,19)17-8-7-15(2,3)20-10-9-17/h4-6H,7-11H2,1-3H3. The normalized spacial score (nSPS) is 20.2. The summed E-state index contributed by atoms with van der Waals surface area (Å²) in [5.74, 6) is 1.17. The van der Waals surface area contributed by atoms with Crippen LogP contribution in [0.2, 0.25) is 0 Å². The second-order valence-corrected chi connectivity index (χ2v) is 9.91. The fourth-order valence-electron chi connectivity index (χ4n) is 2.47. The molecule has 0 atom stereocenters. The van der Waals surface area contributed by atoms with Crippen LogP contribution in [-0.2, 0) is 15.9 Å². The average molecular weight is 348 g/mol. The van der Waals surface area contributed by atoms with Crippen LogP contribution in [0.15, 0.2) is 23.1 Å². The van der Waals surface area contributed by atoms with E-state index in [0.717, 1.165) is 23.3 Å². The average Bonchev–Trinajstić information content (AvgIpc) is 2.60. The van der Waals surface area contributed by atoms with Crippen molar-refractivity contribution in [1.29, 1.82) is 0 Å². The number of hydrogen-bond acceptors (Lipinski definition) is 3. The summed E-state index contributed by atoms with van der Waals surface area (Å²) in [7, 11) is -3.44. The Morgan fingerprint density at radius 3 is 2.71 bits per heavy atom. The van der Waals surface area contributed by atoms with Gasteiger partial charge in [0.15, 0.2) is 0 Å². The highest BCUT2D eigenvalue weighted by molar-refractivity contribution is 8.00. The molecule has 0 amide bonds. The molecule has 1 heterocycles. The molecular formula is C15H22ClNO2S2. The Morgan fingerprint density at radius 2 is 2.05 bits per heavy atom. The van der Waals surface area contributed by atoms with Crippen molar-refractivity contribution in [1.82, 2.24) is 4.31 Å². The molecule has 1 saturated heterocycles. The molecule has 2 rings (SSSR count). The molecule has 0 spiro atoms. The van der Waals surface area contributed by atoms with Gasteiger partial charge in [0.1, 0.15) is 0 Å². The highest BCUT2D eigenvalue weighted by Gasteiger charge is 2.31. The SMILES string of the molecule is Cc1c(CCl)cccc1S(=O)(=O)N1CCSC(C)(C)CC1. The predicted molar refractivity (Wildman–Crippen MR) is 90.6 cm³/mol. The van der Waals surface area contributed by atoms with E-state index in [1.165, 1.54) is 0 Å². The third-order valence-electron chi connectivity index (χ3n) is 3.95. The number of rotatable bonds is 3. The maximum Gasteiger partial charge on any atom is 0.243 e. The predicted octanol–water partition coefficient (Wildman–Crippen LogP) is 3.64. The van der Waals surface area contributed by atoms with Gasteiger partial charge in [0, 0.05) is 29.5 Å². The van der Waals surface area contributed by atoms with Crippen molar-refractivity contribution in [2.75, 3.05) is 18.8 Å². The Labute approximate surface area is 137 Å². The lowest BCUT2D eigenvalue weighted by molar-refractivity contribution is 0.415. The third-order valence-corrected chi connectivity index (χ3v) is 7.66. The van der Waals surface area contributed by atoms with Gasteiger partial charge in [-0.3, -0.25) is 0 Å². The molecule has 1 aromatic rings. The van der Waals surface area contributed by atoms with Crippen molar-refractivity contribution in [2.24, 2.45) is 0 Å². The van der Waals surface area contributed by atoms with Crippen molar-refractivity contribution in [3.8, 4) is 0 Å². The molecule has 1 aliphatic heterocycles. The fraction of sp³-hybridized carbons (Fsp3) is 0.600. The summed E-state index contributed by atoms with van der Waals surface area (Å²) in [6, 6.07) is 5.33. The fourth-order valence-corrected chi connectivity index (χ4v) is 5.68. The van der Waals surface area contributed by atoms with Gasteiger partial charge in [0.2, 0.25) is 10.0 Å². The lowest BCUT2D eigenvalue weighted by Crippen LogP contribution is -2.34. The second-order valence-electron chi connectivity index (χ2n) is 5.94. The van der Waals surface area contributed by atoms with E-state index >= 15 is 0 Å². The zero-order chi connectivity index (χ0) is 15.7. The van der Waals surface area contributed by atoms with Gasteiger partial charge in [0.05, 0.1) is 4.90 Å². The topological polar surface area (TPSA) is 37.4 Å². The first kappa shape index (κ1) is 17.1. The van der Waals surface area contributed by atoms with Crippen LogP contribution in [0.3, 0.4) is 0 Å². The van der Waals surface area contributed by atoms with Crippen molar-refractivity contribution < 1.29 is 8.42 Å². The molecule has 1 aliphatic rings. The Hall–Kier alpha value is -0.230. The summed E-state index contributed by atoms with van der Waals surface area (Å²) >= 11 is 7.73. The van der Waals surface area contributed by atoms with E-state index < -0.39 is 10.0 Å². The van der Waals surface area contributed by atoms with E-state index in [2.05, 4.69) is 13.8 Å². The Morgan fingerprint density at radius 1 is 1.33 bits per heavy atom. The number of halogens is 1. The Kier molecular flexibility index (Phi) is 5.29. The van der Waals surface area contributed by atoms with Crippen molar-refractivity contribution in [3.05, 3.63) is 29.3 Å². The van der Waals surface area contributed by atoms with Gasteiger partial charge < -0.3 is 0 Å². The van der Waals surface area contributed by atoms with E-state index in [9.17, 15) is 8.42 Å². The Bertz CT molecular complexity index is 614. The van der Waals surface area contributed by atoms with Crippen LogP contribution >= 0.6 is 23.4 Å². The summed E-state index contributed by atoms with van der Waals surface area (Å²) in [5, 5.41) is 0. The number of nitrogens with zero attached hydrogens (tertiary/aromatic N) is 1. The van der Waals surface area contributed by atoms with Crippen LogP contribution < -0.4 is 0 Å². The number of alkyl halides is 1. The minimum absolute atomic E-state index is 0.136. The highest BCUT2D eigenvalue weighted by Crippen LogP contribution is 2.33. The van der Waals surface area contributed by atoms with Gasteiger partial charge in [0.25, 0.3) is 0 Å². The van der Waals surface area contributed by atoms with Crippen LogP contribution in [0.25, 0.3) is 0 Å². The lowest BCUT2D eigenvalue weighted by Gasteiger charge is -2.23. The summed E-state index contributed by atoms with van der Waals surface area (Å²) in [4.78, 5) is 0.394. The molecule has 0 radical (unpaired) electrons. The highest BCUT2D eigenvalue weighted by atomic mass is 35.5. The molecule has 0 saturated carbocycles. The zero-order valence-electron chi connectivity index (χ0n) is 12.7. The van der Waals surface area contributed by atoms with Gasteiger partial charge in [-0.05, 0) is 30.5 Å². The molecule has 21 heavy (non-hydrogen) atoms. The summed E-state index contributed by atoms with van der Waals surface area (Å²) in [5.41, 5.74) is 1.64. The van der Waals surface area contributed by atoms with E-state index in [-0.39, 0.29) is 4.75 Å². The van der Waals surface area contributed by atoms with Crippen molar-refractivity contribution >= 4 is 33.4 Å². The Balaban J connectivity index is 2.34. The minimum atomic E-state index is -3.44. The first-order valence-corrected chi connectivity index (χ1v) is 10.0. The molecule has 1 aromatic carbocycles. The number of benzene rings is 1. The monoisotopic (exact) mass is 347 g/mol. The smallest absolute Gasteiger partial charge is 0.207 e. The van der Waals surface area contributed by atoms with Crippen molar-refractivity contribution in [3.63, 3.8) is 0 Å². The third kappa shape index (κ3) is 3.76. The van der Waals surface area contributed by atoms with Crippen LogP contribution in [0.1, 0.15) is 31.4 Å². The van der Waals surface area contributed by atoms with Crippen LogP contribution in [0.4, 0.5) is 0 Å². The first-order valence-electron chi connectivity index (χ1n) is 7.06. The molecule has 6 heteroatoms. The van der Waals surface area contributed by atoms with Gasteiger partial charge in [-0.2, -0.15) is 16.1 Å². The minimum Gasteiger partial charge on any atom is -0.207 e. The van der Waals surface area contributed by atoms with Gasteiger partial charge in [-0.15, -0.1) is 11.6 Å². The first-order chi connectivity index (χ1) is 9.78. The lowest BCUT2D eigenvalue weighted by atomic mass is 10.1. The maximum atomic E-state index is 12.9. The van der Waals surface area contributed by atoms with Crippen LogP contribution in [0.5, 0.6) is 0 Å². The number of sulfonamides is 1. The molecule has 0 aliphatic carbocycles. The molecular weight excluding hydrogens is 326 g/mol. The van der Waals surface area contributed by atoms with Gasteiger partial charge >= 0.3 is 0 Å². The van der Waals surface area contributed by atoms with Gasteiger partial charge in [-0.25, -0.2) is 8.42 Å². The van der Waals surface area contributed by atoms with Crippen LogP contribution in [0, 0.1) is 6.92 Å². The molecule has 3 nitrogen and oxygen atoms in total. The molecule has 0 unspecified atom stereocenters. The zero-order valence-corrected chi connectivity index (χ0v) is 15.1. The van der Waals surface area contributed by atoms with Crippen molar-refractivity contribution in [2.45, 2.75) is 42.7 Å². The van der Waals surface area contributed by atoms with E-state index in [1.54, 1.807) is 16.4 Å². The van der Waals surface area contributed by atoms with Gasteiger partial charge in [-0.1, -0.05) is 26.0 Å².